The van der Waals surface area contributed by atoms with Crippen LogP contribution in [-0.4, -0.2) is 17.2 Å². The number of furan rings is 2. The Hall–Kier alpha value is -11.9. The van der Waals surface area contributed by atoms with Gasteiger partial charge >= 0.3 is 7.12 Å². The van der Waals surface area contributed by atoms with Crippen LogP contribution in [-0.2, 0) is 10.8 Å². The van der Waals surface area contributed by atoms with Gasteiger partial charge in [-0.15, -0.1) is 0 Å². The van der Waals surface area contributed by atoms with E-state index in [1.54, 1.807) is 0 Å². The zero-order valence-corrected chi connectivity index (χ0v) is 55.6. The third-order valence-corrected chi connectivity index (χ3v) is 22.2. The van der Waals surface area contributed by atoms with Gasteiger partial charge in [0.25, 0.3) is 0 Å². The van der Waals surface area contributed by atoms with Gasteiger partial charge in [-0.05, 0) is 168 Å². The molecule has 22 rings (SSSR count). The van der Waals surface area contributed by atoms with Crippen molar-refractivity contribution in [2.75, 3.05) is 0 Å². The summed E-state index contributed by atoms with van der Waals surface area (Å²) in [6.07, 6.45) is 0. The Morgan fingerprint density at radius 3 is 0.970 bits per heavy atom. The largest absolute Gasteiger partial charge is 0.489 e. The molecule has 468 valence electrons. The number of hydrogen-bond acceptors (Lipinski definition) is 4. The highest BCUT2D eigenvalue weighted by Crippen LogP contribution is 2.67. The quantitative estimate of drug-likeness (QED) is 0.136. The normalized spacial score (nSPS) is 15.2. The topological polar surface area (TPSA) is 66.7 Å². The molecule has 2 atom stereocenters. The maximum absolute atomic E-state index is 9.94. The molecule has 4 nitrogen and oxygen atoms in total. The standard InChI is InChI=1S/C47H28O.C27H15BrO.C20H15BO2/c1-2-14-29(15-3-1)43-33-17-4-6-19-35(33)44(36-20-7-5-18-34(36)43)30-26-27-32-31-16-8-11-23-39(31)47(41(32)28-30)40-24-12-9-21-37(40)46-45(47)38-22-10-13-25-42(38)48-46;28-16-13-14-18-17-7-1-4-10-21(17)27(23(18)15-16)22-11-5-2-8-19(22)26-25(27)20-9-3-6-12-24(20)29-26;22-21(23)20-17-12-6-4-10-15(17)19(14-8-2-1-3-9-14)16-11-5-7-13-18(16)20/h1-28H;1-15H;1-13,22-23H. The van der Waals surface area contributed by atoms with Crippen molar-refractivity contribution in [1.29, 1.82) is 0 Å². The average molecular weight is 1340 g/mol. The van der Waals surface area contributed by atoms with Crippen molar-refractivity contribution in [3.63, 3.8) is 0 Å². The van der Waals surface area contributed by atoms with E-state index in [1.807, 2.05) is 72.8 Å². The van der Waals surface area contributed by atoms with Crippen molar-refractivity contribution in [3.8, 4) is 78.3 Å². The summed E-state index contributed by atoms with van der Waals surface area (Å²) in [5.41, 5.74) is 26.9. The number of para-hydroxylation sites is 2. The lowest BCUT2D eigenvalue weighted by atomic mass is 9.69. The number of halogens is 1. The molecule has 0 fully saturated rings. The molecule has 4 aliphatic carbocycles. The summed E-state index contributed by atoms with van der Waals surface area (Å²) in [7, 11) is -1.50. The van der Waals surface area contributed by atoms with Crippen molar-refractivity contribution < 1.29 is 18.9 Å². The van der Waals surface area contributed by atoms with Crippen LogP contribution < -0.4 is 5.46 Å². The van der Waals surface area contributed by atoms with E-state index in [9.17, 15) is 10.0 Å². The molecular weight excluding hydrogens is 1280 g/mol. The Morgan fingerprint density at radius 2 is 0.550 bits per heavy atom. The van der Waals surface area contributed by atoms with Gasteiger partial charge in [0.15, 0.2) is 0 Å². The smallest absolute Gasteiger partial charge is 0.456 e. The van der Waals surface area contributed by atoms with Crippen molar-refractivity contribution in [1.82, 2.24) is 0 Å². The molecule has 16 aromatic carbocycles. The van der Waals surface area contributed by atoms with Crippen LogP contribution in [0, 0.1) is 0 Å². The molecule has 2 aromatic heterocycles. The zero-order valence-electron chi connectivity index (χ0n) is 54.0. The predicted molar refractivity (Wildman–Crippen MR) is 415 cm³/mol. The van der Waals surface area contributed by atoms with Crippen molar-refractivity contribution in [3.05, 3.63) is 389 Å². The number of hydrogen-bond donors (Lipinski definition) is 2. The summed E-state index contributed by atoms with van der Waals surface area (Å²) in [4.78, 5) is 0. The van der Waals surface area contributed by atoms with Gasteiger partial charge < -0.3 is 18.9 Å². The summed E-state index contributed by atoms with van der Waals surface area (Å²) in [6.45, 7) is 0. The molecule has 0 saturated carbocycles. The predicted octanol–water partition coefficient (Wildman–Crippen LogP) is 23.3. The van der Waals surface area contributed by atoms with Crippen LogP contribution in [0.5, 0.6) is 0 Å². The lowest BCUT2D eigenvalue weighted by molar-refractivity contribution is 0.426. The lowest BCUT2D eigenvalue weighted by Crippen LogP contribution is -2.31. The molecule has 2 heterocycles. The third-order valence-electron chi connectivity index (χ3n) is 21.7. The van der Waals surface area contributed by atoms with E-state index in [0.717, 1.165) is 59.8 Å². The van der Waals surface area contributed by atoms with Gasteiger partial charge in [-0.2, -0.15) is 0 Å². The average Bonchev–Trinajstić information content (AvgIpc) is 1.54. The van der Waals surface area contributed by atoms with Crippen LogP contribution in [0.4, 0.5) is 0 Å². The third kappa shape index (κ3) is 8.18. The molecule has 0 aliphatic heterocycles. The zero-order chi connectivity index (χ0) is 66.4. The maximum atomic E-state index is 9.94. The van der Waals surface area contributed by atoms with Crippen molar-refractivity contribution >= 4 is 93.5 Å². The van der Waals surface area contributed by atoms with Gasteiger partial charge in [0.1, 0.15) is 22.7 Å². The molecule has 0 bridgehead atoms. The minimum atomic E-state index is -1.50. The number of benzene rings is 16. The molecule has 0 amide bonds. The second-order valence-electron chi connectivity index (χ2n) is 26.6. The van der Waals surface area contributed by atoms with Gasteiger partial charge in [-0.25, -0.2) is 0 Å². The molecule has 18 aromatic rings. The summed E-state index contributed by atoms with van der Waals surface area (Å²) < 4.78 is 14.3. The highest BCUT2D eigenvalue weighted by Gasteiger charge is 2.56. The first kappa shape index (κ1) is 58.3. The second-order valence-corrected chi connectivity index (χ2v) is 27.5. The van der Waals surface area contributed by atoms with E-state index in [4.69, 9.17) is 8.83 Å². The van der Waals surface area contributed by atoms with Crippen LogP contribution in [0.3, 0.4) is 0 Å². The Labute approximate surface area is 586 Å². The molecule has 2 spiro atoms. The van der Waals surface area contributed by atoms with E-state index in [-0.39, 0.29) is 5.41 Å². The van der Waals surface area contributed by atoms with Gasteiger partial charge in [-0.1, -0.05) is 325 Å². The Kier molecular flexibility index (Phi) is 13.2. The fraction of sp³-hybridized carbons (Fsp3) is 0.0213. The van der Waals surface area contributed by atoms with Gasteiger partial charge in [0.2, 0.25) is 0 Å². The minimum Gasteiger partial charge on any atom is -0.456 e. The van der Waals surface area contributed by atoms with Crippen LogP contribution in [0.2, 0.25) is 0 Å². The van der Waals surface area contributed by atoms with E-state index in [1.165, 1.54) is 132 Å². The number of rotatable bonds is 4. The Balaban J connectivity index is 0.000000110. The van der Waals surface area contributed by atoms with Crippen LogP contribution in [0.25, 0.3) is 143 Å². The summed E-state index contributed by atoms with van der Waals surface area (Å²) in [5, 5.41) is 31.1. The minimum absolute atomic E-state index is 0.353. The van der Waals surface area contributed by atoms with Crippen LogP contribution in [0.15, 0.2) is 353 Å². The molecular formula is C94H58BBrO4. The van der Waals surface area contributed by atoms with Gasteiger partial charge in [0.05, 0.1) is 10.8 Å². The van der Waals surface area contributed by atoms with Gasteiger partial charge in [-0.3, -0.25) is 0 Å². The summed E-state index contributed by atoms with van der Waals surface area (Å²) in [5.74, 6) is 1.99. The Bertz CT molecular complexity index is 6310. The fourth-order valence-electron chi connectivity index (χ4n) is 18.0. The van der Waals surface area contributed by atoms with E-state index in [2.05, 4.69) is 283 Å². The SMILES string of the molecule is Brc1ccc2c(c1)C1(c3ccccc3-2)c2ccccc2-c2oc3ccccc3c21.OB(O)c1c2ccccc2c(-c2ccccc2)c2ccccc12.c1ccc(-c2c3ccccc3c(-c3ccc4c(c3)C3(c5ccccc5-4)c4ccccc4-c4oc5ccccc5c43)c3ccccc23)cc1. The first-order chi connectivity index (χ1) is 49.4. The molecule has 4 aliphatic rings. The maximum Gasteiger partial charge on any atom is 0.489 e. The van der Waals surface area contributed by atoms with Crippen molar-refractivity contribution in [2.24, 2.45) is 0 Å². The Morgan fingerprint density at radius 1 is 0.250 bits per heavy atom. The van der Waals surface area contributed by atoms with E-state index >= 15 is 0 Å². The van der Waals surface area contributed by atoms with E-state index in [0.29, 0.717) is 5.46 Å². The molecule has 0 saturated heterocycles. The van der Waals surface area contributed by atoms with Gasteiger partial charge in [0, 0.05) is 37.5 Å². The van der Waals surface area contributed by atoms with E-state index < -0.39 is 12.5 Å². The van der Waals surface area contributed by atoms with Crippen molar-refractivity contribution in [2.45, 2.75) is 10.8 Å². The molecule has 6 heteroatoms. The van der Waals surface area contributed by atoms with Crippen LogP contribution in [0.1, 0.15) is 44.5 Å². The highest BCUT2D eigenvalue weighted by molar-refractivity contribution is 9.10. The van der Waals surface area contributed by atoms with Crippen LogP contribution >= 0.6 is 15.9 Å². The fourth-order valence-corrected chi connectivity index (χ4v) is 18.4. The molecule has 100 heavy (non-hydrogen) atoms. The molecule has 2 unspecified atom stereocenters. The molecule has 2 N–H and O–H groups in total. The monoisotopic (exact) mass is 1340 g/mol. The second kappa shape index (κ2) is 22.6. The first-order valence-corrected chi connectivity index (χ1v) is 34.9. The summed E-state index contributed by atoms with van der Waals surface area (Å²) in [6, 6.07) is 121. The molecule has 0 radical (unpaired) electrons. The lowest BCUT2D eigenvalue weighted by Gasteiger charge is -2.30. The first-order valence-electron chi connectivity index (χ1n) is 34.1. The summed E-state index contributed by atoms with van der Waals surface area (Å²) >= 11 is 3.74. The highest BCUT2D eigenvalue weighted by atomic mass is 79.9. The number of fused-ring (bicyclic) bond motifs is 28.